The normalized spacial score (nSPS) is 13.0. The molecule has 7 nitrogen and oxygen atoms in total. The van der Waals surface area contributed by atoms with E-state index in [4.69, 9.17) is 5.10 Å². The van der Waals surface area contributed by atoms with Gasteiger partial charge in [-0.15, -0.1) is 0 Å². The standard InChI is InChI=1S/C28H25N5O2/c34-26(30-24-11-13-25(14-12-24)31-28(35)21-8-9-21)15-10-23-19-33(18-20-5-2-1-3-6-20)32-27(23)22-7-4-16-29-17-22/h1-7,10-17,19,21H,8-9,18H2,(H,30,34)(H,31,35)/b15-10+. The molecule has 2 amide bonds. The molecule has 2 aromatic carbocycles. The third-order valence-electron chi connectivity index (χ3n) is 5.69. The Labute approximate surface area is 203 Å². The second kappa shape index (κ2) is 10.2. The zero-order valence-electron chi connectivity index (χ0n) is 19.1. The van der Waals surface area contributed by atoms with Crippen LogP contribution in [0.5, 0.6) is 0 Å². The fourth-order valence-corrected chi connectivity index (χ4v) is 3.71. The molecule has 2 heterocycles. The van der Waals surface area contributed by atoms with Gasteiger partial charge < -0.3 is 10.6 Å². The number of carbonyl (C=O) groups excluding carboxylic acids is 2. The highest BCUT2D eigenvalue weighted by atomic mass is 16.2. The third-order valence-corrected chi connectivity index (χ3v) is 5.69. The van der Waals surface area contributed by atoms with E-state index in [9.17, 15) is 9.59 Å². The van der Waals surface area contributed by atoms with Crippen molar-refractivity contribution in [3.05, 3.63) is 103 Å². The Hall–Kier alpha value is -4.52. The Bertz CT molecular complexity index is 1340. The van der Waals surface area contributed by atoms with Gasteiger partial charge in [0.25, 0.3) is 0 Å². The highest BCUT2D eigenvalue weighted by Crippen LogP contribution is 2.30. The first-order valence-electron chi connectivity index (χ1n) is 11.6. The Balaban J connectivity index is 1.29. The number of anilines is 2. The van der Waals surface area contributed by atoms with Gasteiger partial charge in [-0.2, -0.15) is 5.10 Å². The van der Waals surface area contributed by atoms with Crippen LogP contribution in [0.25, 0.3) is 17.3 Å². The van der Waals surface area contributed by atoms with Crippen molar-refractivity contribution in [2.45, 2.75) is 19.4 Å². The molecule has 1 aliphatic carbocycles. The van der Waals surface area contributed by atoms with Gasteiger partial charge in [0, 0.05) is 53.1 Å². The molecule has 4 aromatic rings. The van der Waals surface area contributed by atoms with E-state index in [1.807, 2.05) is 41.2 Å². The first kappa shape index (κ1) is 22.3. The van der Waals surface area contributed by atoms with Crippen molar-refractivity contribution in [1.82, 2.24) is 14.8 Å². The van der Waals surface area contributed by atoms with E-state index in [-0.39, 0.29) is 17.7 Å². The second-order valence-corrected chi connectivity index (χ2v) is 8.52. The highest BCUT2D eigenvalue weighted by Gasteiger charge is 2.29. The molecule has 1 saturated carbocycles. The maximum Gasteiger partial charge on any atom is 0.248 e. The van der Waals surface area contributed by atoms with E-state index in [2.05, 4.69) is 27.8 Å². The Morgan fingerprint density at radius 1 is 0.943 bits per heavy atom. The van der Waals surface area contributed by atoms with Crippen LogP contribution in [0, 0.1) is 5.92 Å². The fraction of sp³-hybridized carbons (Fsp3) is 0.143. The summed E-state index contributed by atoms with van der Waals surface area (Å²) in [6, 6.07) is 21.0. The molecule has 174 valence electrons. The lowest BCUT2D eigenvalue weighted by atomic mass is 10.1. The lowest BCUT2D eigenvalue weighted by Crippen LogP contribution is -2.13. The Kier molecular flexibility index (Phi) is 6.48. The van der Waals surface area contributed by atoms with E-state index in [1.54, 1.807) is 42.7 Å². The number of amides is 2. The minimum atomic E-state index is -0.257. The minimum Gasteiger partial charge on any atom is -0.326 e. The van der Waals surface area contributed by atoms with E-state index >= 15 is 0 Å². The van der Waals surface area contributed by atoms with Gasteiger partial charge in [-0.1, -0.05) is 30.3 Å². The molecule has 0 radical (unpaired) electrons. The first-order valence-corrected chi connectivity index (χ1v) is 11.6. The number of benzene rings is 2. The topological polar surface area (TPSA) is 88.9 Å². The van der Waals surface area contributed by atoms with Crippen LogP contribution < -0.4 is 10.6 Å². The van der Waals surface area contributed by atoms with Crippen LogP contribution in [0.3, 0.4) is 0 Å². The summed E-state index contributed by atoms with van der Waals surface area (Å²) in [4.78, 5) is 28.7. The number of hydrogen-bond acceptors (Lipinski definition) is 4. The minimum absolute atomic E-state index is 0.0574. The van der Waals surface area contributed by atoms with Crippen LogP contribution in [0.2, 0.25) is 0 Å². The maximum absolute atomic E-state index is 12.6. The predicted octanol–water partition coefficient (Wildman–Crippen LogP) is 4.99. The molecule has 0 unspecified atom stereocenters. The molecule has 0 saturated heterocycles. The van der Waals surface area contributed by atoms with Crippen molar-refractivity contribution in [2.75, 3.05) is 10.6 Å². The summed E-state index contributed by atoms with van der Waals surface area (Å²) >= 11 is 0. The fourth-order valence-electron chi connectivity index (χ4n) is 3.71. The lowest BCUT2D eigenvalue weighted by Gasteiger charge is -2.06. The number of aromatic nitrogens is 3. The molecule has 1 fully saturated rings. The third kappa shape index (κ3) is 5.89. The van der Waals surface area contributed by atoms with Gasteiger partial charge >= 0.3 is 0 Å². The largest absolute Gasteiger partial charge is 0.326 e. The quantitative estimate of drug-likeness (QED) is 0.360. The zero-order chi connectivity index (χ0) is 24.0. The van der Waals surface area contributed by atoms with Gasteiger partial charge in [0.1, 0.15) is 5.69 Å². The van der Waals surface area contributed by atoms with E-state index < -0.39 is 0 Å². The van der Waals surface area contributed by atoms with E-state index in [0.29, 0.717) is 12.2 Å². The molecule has 5 rings (SSSR count). The molecule has 0 bridgehead atoms. The van der Waals surface area contributed by atoms with Crippen LogP contribution in [0.1, 0.15) is 24.0 Å². The van der Waals surface area contributed by atoms with Crippen LogP contribution in [-0.4, -0.2) is 26.6 Å². The monoisotopic (exact) mass is 463 g/mol. The van der Waals surface area contributed by atoms with Gasteiger partial charge in [0.2, 0.25) is 11.8 Å². The summed E-state index contributed by atoms with van der Waals surface area (Å²) in [7, 11) is 0. The Morgan fingerprint density at radius 2 is 1.69 bits per heavy atom. The van der Waals surface area contributed by atoms with Crippen LogP contribution in [0.4, 0.5) is 11.4 Å². The number of nitrogens with zero attached hydrogens (tertiary/aromatic N) is 3. The van der Waals surface area contributed by atoms with Gasteiger partial charge in [-0.05, 0) is 60.9 Å². The van der Waals surface area contributed by atoms with E-state index in [0.717, 1.165) is 40.9 Å². The average molecular weight is 464 g/mol. The summed E-state index contributed by atoms with van der Waals surface area (Å²) in [5.41, 5.74) is 4.97. The summed E-state index contributed by atoms with van der Waals surface area (Å²) in [5, 5.41) is 10.5. The number of carbonyl (C=O) groups is 2. The van der Waals surface area contributed by atoms with Crippen LogP contribution in [0.15, 0.2) is 91.4 Å². The van der Waals surface area contributed by atoms with Crippen molar-refractivity contribution < 1.29 is 9.59 Å². The smallest absolute Gasteiger partial charge is 0.248 e. The van der Waals surface area contributed by atoms with Gasteiger partial charge in [0.15, 0.2) is 0 Å². The van der Waals surface area contributed by atoms with E-state index in [1.165, 1.54) is 6.08 Å². The average Bonchev–Trinajstić information content (AvgIpc) is 3.66. The lowest BCUT2D eigenvalue weighted by molar-refractivity contribution is -0.117. The maximum atomic E-state index is 12.6. The van der Waals surface area contributed by atoms with Crippen molar-refractivity contribution in [2.24, 2.45) is 5.92 Å². The molecule has 0 aliphatic heterocycles. The molecular formula is C28H25N5O2. The summed E-state index contributed by atoms with van der Waals surface area (Å²) in [6.07, 6.45) is 10.6. The second-order valence-electron chi connectivity index (χ2n) is 8.52. The SMILES string of the molecule is O=C(/C=C/c1cn(Cc2ccccc2)nc1-c1cccnc1)Nc1ccc(NC(=O)C2CC2)cc1. The van der Waals surface area contributed by atoms with Crippen molar-refractivity contribution in [3.8, 4) is 11.3 Å². The van der Waals surface area contributed by atoms with Gasteiger partial charge in [0.05, 0.1) is 6.54 Å². The molecule has 1 aliphatic rings. The van der Waals surface area contributed by atoms with Crippen molar-refractivity contribution in [3.63, 3.8) is 0 Å². The van der Waals surface area contributed by atoms with Gasteiger partial charge in [-0.3, -0.25) is 19.3 Å². The molecule has 35 heavy (non-hydrogen) atoms. The number of hydrogen-bond donors (Lipinski definition) is 2. The number of nitrogens with one attached hydrogen (secondary N) is 2. The first-order chi connectivity index (χ1) is 17.1. The highest BCUT2D eigenvalue weighted by molar-refractivity contribution is 6.02. The molecule has 2 aromatic heterocycles. The molecule has 0 spiro atoms. The summed E-state index contributed by atoms with van der Waals surface area (Å²) < 4.78 is 1.86. The van der Waals surface area contributed by atoms with Crippen LogP contribution >= 0.6 is 0 Å². The molecular weight excluding hydrogens is 438 g/mol. The van der Waals surface area contributed by atoms with Crippen molar-refractivity contribution in [1.29, 1.82) is 0 Å². The molecule has 7 heteroatoms. The predicted molar refractivity (Wildman–Crippen MR) is 136 cm³/mol. The summed E-state index contributed by atoms with van der Waals surface area (Å²) in [5.74, 6) is -0.0530. The molecule has 0 atom stereocenters. The zero-order valence-corrected chi connectivity index (χ0v) is 19.1. The number of rotatable bonds is 8. The number of pyridine rings is 1. The summed E-state index contributed by atoms with van der Waals surface area (Å²) in [6.45, 7) is 0.623. The van der Waals surface area contributed by atoms with Crippen LogP contribution in [-0.2, 0) is 16.1 Å². The van der Waals surface area contributed by atoms with Crippen molar-refractivity contribution >= 4 is 29.3 Å². The van der Waals surface area contributed by atoms with Gasteiger partial charge in [-0.25, -0.2) is 0 Å². The molecule has 2 N–H and O–H groups in total. The Morgan fingerprint density at radius 3 is 2.37 bits per heavy atom.